The van der Waals surface area contributed by atoms with E-state index in [1.54, 1.807) is 9.69 Å². The molecular weight excluding hydrogens is 404 g/mol. The van der Waals surface area contributed by atoms with Gasteiger partial charge in [-0.15, -0.1) is 0 Å². The summed E-state index contributed by atoms with van der Waals surface area (Å²) in [7, 11) is 0. The molecule has 1 amide bonds. The summed E-state index contributed by atoms with van der Waals surface area (Å²) in [6.45, 7) is 4.12. The predicted octanol–water partition coefficient (Wildman–Crippen LogP) is 3.52. The van der Waals surface area contributed by atoms with Crippen LogP contribution in [0.15, 0.2) is 71.7 Å². The van der Waals surface area contributed by atoms with Gasteiger partial charge in [0.25, 0.3) is 5.91 Å². The van der Waals surface area contributed by atoms with Crippen LogP contribution >= 0.6 is 0 Å². The highest BCUT2D eigenvalue weighted by Crippen LogP contribution is 2.45. The van der Waals surface area contributed by atoms with E-state index in [4.69, 9.17) is 0 Å². The lowest BCUT2D eigenvalue weighted by atomic mass is 9.86. The molecule has 2 aromatic carbocycles. The van der Waals surface area contributed by atoms with Crippen LogP contribution in [-0.4, -0.2) is 42.9 Å². The van der Waals surface area contributed by atoms with Gasteiger partial charge in [-0.3, -0.25) is 14.6 Å². The molecule has 7 heteroatoms. The van der Waals surface area contributed by atoms with Crippen LogP contribution in [-0.2, 0) is 0 Å². The molecule has 7 nitrogen and oxygen atoms in total. The van der Waals surface area contributed by atoms with Gasteiger partial charge in [0.2, 0.25) is 5.43 Å². The van der Waals surface area contributed by atoms with Crippen molar-refractivity contribution >= 4 is 5.91 Å². The maximum Gasteiger partial charge on any atom is 0.290 e. The molecule has 1 aromatic heterocycles. The molecule has 0 radical (unpaired) electrons. The lowest BCUT2D eigenvalue weighted by Crippen LogP contribution is -2.64. The number of amides is 1. The molecule has 3 aromatic rings. The lowest BCUT2D eigenvalue weighted by molar-refractivity contribution is -0.151. The molecule has 3 unspecified atom stereocenters. The molecule has 2 aliphatic rings. The summed E-state index contributed by atoms with van der Waals surface area (Å²) in [5, 5.41) is 18.9. The summed E-state index contributed by atoms with van der Waals surface area (Å²) in [4.78, 5) is 25.8. The second-order valence-electron chi connectivity index (χ2n) is 8.67. The Labute approximate surface area is 186 Å². The predicted molar refractivity (Wildman–Crippen MR) is 120 cm³/mol. The van der Waals surface area contributed by atoms with Gasteiger partial charge in [-0.05, 0) is 37.8 Å². The minimum atomic E-state index is -0.648. The Morgan fingerprint density at radius 1 is 0.906 bits per heavy atom. The first-order valence-electron chi connectivity index (χ1n) is 11.0. The molecule has 1 fully saturated rings. The second-order valence-corrected chi connectivity index (χ2v) is 8.67. The van der Waals surface area contributed by atoms with Crippen LogP contribution in [0.25, 0.3) is 0 Å². The van der Waals surface area contributed by atoms with Gasteiger partial charge in [0, 0.05) is 18.0 Å². The van der Waals surface area contributed by atoms with E-state index < -0.39 is 17.3 Å². The highest BCUT2D eigenvalue weighted by molar-refractivity contribution is 5.95. The Morgan fingerprint density at radius 2 is 1.47 bits per heavy atom. The number of benzene rings is 2. The fourth-order valence-corrected chi connectivity index (χ4v) is 5.10. The number of hydrogen-bond donors (Lipinski definition) is 1. The van der Waals surface area contributed by atoms with E-state index >= 15 is 0 Å². The van der Waals surface area contributed by atoms with Crippen molar-refractivity contribution in [3.05, 3.63) is 93.9 Å². The zero-order valence-electron chi connectivity index (χ0n) is 18.1. The second kappa shape index (κ2) is 7.91. The smallest absolute Gasteiger partial charge is 0.290 e. The number of fused-ring (bicyclic) bond motifs is 2. The summed E-state index contributed by atoms with van der Waals surface area (Å²) in [6, 6.07) is 20.2. The van der Waals surface area contributed by atoms with Crippen LogP contribution < -0.4 is 5.43 Å². The summed E-state index contributed by atoms with van der Waals surface area (Å²) in [5.74, 6) is -1.11. The highest BCUT2D eigenvalue weighted by atomic mass is 16.3. The quantitative estimate of drug-likeness (QED) is 0.688. The summed E-state index contributed by atoms with van der Waals surface area (Å²) in [5.41, 5.74) is 1.44. The third-order valence-electron chi connectivity index (χ3n) is 6.65. The fraction of sp³-hybridized carbons (Fsp3) is 0.320. The molecule has 5 rings (SSSR count). The number of hydrazine groups is 1. The molecule has 0 aliphatic carbocycles. The Morgan fingerprint density at radius 3 is 2.06 bits per heavy atom. The number of carbonyl (C=O) groups is 1. The first-order chi connectivity index (χ1) is 15.5. The molecular formula is C25H26N4O3. The molecule has 0 spiro atoms. The number of aromatic nitrogens is 2. The third-order valence-corrected chi connectivity index (χ3v) is 6.65. The van der Waals surface area contributed by atoms with Gasteiger partial charge in [-0.1, -0.05) is 60.7 Å². The highest BCUT2D eigenvalue weighted by Gasteiger charge is 2.49. The Bertz CT molecular complexity index is 1160. The van der Waals surface area contributed by atoms with Gasteiger partial charge >= 0.3 is 0 Å². The zero-order valence-corrected chi connectivity index (χ0v) is 18.1. The molecule has 2 aliphatic heterocycles. The van der Waals surface area contributed by atoms with E-state index in [0.29, 0.717) is 0 Å². The number of hydrogen-bond acceptors (Lipinski definition) is 5. The van der Waals surface area contributed by atoms with Crippen molar-refractivity contribution < 1.29 is 9.90 Å². The van der Waals surface area contributed by atoms with Gasteiger partial charge in [0.1, 0.15) is 6.17 Å². The van der Waals surface area contributed by atoms with E-state index in [9.17, 15) is 14.7 Å². The van der Waals surface area contributed by atoms with E-state index in [0.717, 1.165) is 30.2 Å². The number of carbonyl (C=O) groups excluding carboxylic acids is 1. The van der Waals surface area contributed by atoms with E-state index in [1.807, 2.05) is 43.3 Å². The minimum absolute atomic E-state index is 0.0448. The van der Waals surface area contributed by atoms with Gasteiger partial charge in [0.05, 0.1) is 6.20 Å². The molecule has 3 heterocycles. The number of aromatic hydroxyl groups is 1. The van der Waals surface area contributed by atoms with Crippen LogP contribution in [0.2, 0.25) is 0 Å². The average Bonchev–Trinajstić information content (AvgIpc) is 2.81. The normalized spacial score (nSPS) is 23.2. The van der Waals surface area contributed by atoms with Crippen molar-refractivity contribution in [1.82, 2.24) is 19.8 Å². The van der Waals surface area contributed by atoms with Crippen molar-refractivity contribution in [1.29, 1.82) is 0 Å². The minimum Gasteiger partial charge on any atom is -0.502 e. The zero-order chi connectivity index (χ0) is 22.4. The molecule has 164 valence electrons. The summed E-state index contributed by atoms with van der Waals surface area (Å²) in [6.07, 6.45) is 2.44. The SMILES string of the molecule is CC1CCC(C)N2C(C(c3ccccc3)c3ccccc3)n3ncc(=O)c(O)c3C(=O)N12. The molecule has 1 N–H and O–H groups in total. The van der Waals surface area contributed by atoms with Crippen LogP contribution in [0.3, 0.4) is 0 Å². The maximum absolute atomic E-state index is 13.5. The molecule has 0 saturated carbocycles. The van der Waals surface area contributed by atoms with Crippen LogP contribution in [0, 0.1) is 0 Å². The Balaban J connectivity index is 1.81. The standard InChI is InChI=1S/C25H26N4O3/c1-16-13-14-17(2)29-25(32)22-23(31)20(30)15-26-27(22)24(28(16)29)21(18-9-5-3-6-10-18)19-11-7-4-8-12-19/h3-12,15-17,21,24,31H,13-14H2,1-2H3. The van der Waals surface area contributed by atoms with Gasteiger partial charge < -0.3 is 5.11 Å². The van der Waals surface area contributed by atoms with E-state index in [1.165, 1.54) is 0 Å². The largest absolute Gasteiger partial charge is 0.502 e. The molecule has 1 saturated heterocycles. The lowest BCUT2D eigenvalue weighted by Gasteiger charge is -2.54. The van der Waals surface area contributed by atoms with Crippen LogP contribution in [0.1, 0.15) is 60.4 Å². The van der Waals surface area contributed by atoms with Crippen molar-refractivity contribution in [3.8, 4) is 5.75 Å². The molecule has 3 atom stereocenters. The van der Waals surface area contributed by atoms with Crippen molar-refractivity contribution in [2.24, 2.45) is 0 Å². The van der Waals surface area contributed by atoms with Crippen LogP contribution in [0.5, 0.6) is 5.75 Å². The summed E-state index contributed by atoms with van der Waals surface area (Å²) >= 11 is 0. The molecule has 0 bridgehead atoms. The Kier molecular flexibility index (Phi) is 5.06. The number of rotatable bonds is 3. The van der Waals surface area contributed by atoms with Gasteiger partial charge in [-0.25, -0.2) is 4.68 Å². The van der Waals surface area contributed by atoms with Crippen molar-refractivity contribution in [2.75, 3.05) is 0 Å². The number of nitrogens with zero attached hydrogens (tertiary/aromatic N) is 4. The third kappa shape index (κ3) is 3.12. The van der Waals surface area contributed by atoms with E-state index in [-0.39, 0.29) is 29.6 Å². The summed E-state index contributed by atoms with van der Waals surface area (Å²) < 4.78 is 1.55. The van der Waals surface area contributed by atoms with Gasteiger partial charge in [0.15, 0.2) is 11.4 Å². The van der Waals surface area contributed by atoms with Crippen molar-refractivity contribution in [3.63, 3.8) is 0 Å². The van der Waals surface area contributed by atoms with E-state index in [2.05, 4.69) is 41.3 Å². The average molecular weight is 431 g/mol. The first-order valence-corrected chi connectivity index (χ1v) is 11.0. The van der Waals surface area contributed by atoms with Crippen LogP contribution in [0.4, 0.5) is 0 Å². The monoisotopic (exact) mass is 430 g/mol. The Hall–Kier alpha value is -3.45. The topological polar surface area (TPSA) is 78.7 Å². The first kappa shape index (κ1) is 20.5. The van der Waals surface area contributed by atoms with Crippen molar-refractivity contribution in [2.45, 2.75) is 50.9 Å². The molecule has 32 heavy (non-hydrogen) atoms. The van der Waals surface area contributed by atoms with Gasteiger partial charge in [-0.2, -0.15) is 10.1 Å². The fourth-order valence-electron chi connectivity index (χ4n) is 5.10. The maximum atomic E-state index is 13.5.